The second-order valence-corrected chi connectivity index (χ2v) is 9.16. The zero-order valence-corrected chi connectivity index (χ0v) is 21.5. The number of methoxy groups -OCH3 is 2. The summed E-state index contributed by atoms with van der Waals surface area (Å²) in [7, 11) is 6.94. The van der Waals surface area contributed by atoms with Gasteiger partial charge in [0.2, 0.25) is 0 Å². The maximum absolute atomic E-state index is 13.5. The molecule has 1 saturated heterocycles. The summed E-state index contributed by atoms with van der Waals surface area (Å²) in [5, 5.41) is 11.7. The number of ketones is 1. The van der Waals surface area contributed by atoms with Gasteiger partial charge < -0.3 is 24.4 Å². The predicted molar refractivity (Wildman–Crippen MR) is 136 cm³/mol. The first-order chi connectivity index (χ1) is 17.2. The van der Waals surface area contributed by atoms with Gasteiger partial charge in [0.05, 0.1) is 31.5 Å². The molecule has 3 heterocycles. The molecule has 2 aromatic heterocycles. The molecule has 36 heavy (non-hydrogen) atoms. The lowest BCUT2D eigenvalue weighted by atomic mass is 9.95. The topological polar surface area (TPSA) is 96.6 Å². The number of rotatable bonds is 8. The van der Waals surface area contributed by atoms with Gasteiger partial charge in [0.15, 0.2) is 17.3 Å². The molecule has 0 saturated carbocycles. The fourth-order valence-electron chi connectivity index (χ4n) is 4.85. The molecule has 0 radical (unpaired) electrons. The van der Waals surface area contributed by atoms with Gasteiger partial charge in [-0.25, -0.2) is 4.98 Å². The summed E-state index contributed by atoms with van der Waals surface area (Å²) in [6.07, 6.45) is 2.43. The van der Waals surface area contributed by atoms with Crippen LogP contribution in [0.2, 0.25) is 0 Å². The predicted octanol–water partition coefficient (Wildman–Crippen LogP) is 3.34. The van der Waals surface area contributed by atoms with Crippen LogP contribution in [-0.2, 0) is 9.59 Å². The number of hydrogen-bond donors (Lipinski definition) is 1. The minimum Gasteiger partial charge on any atom is -0.505 e. The van der Waals surface area contributed by atoms with Crippen molar-refractivity contribution in [1.82, 2.24) is 19.2 Å². The second kappa shape index (κ2) is 10.0. The SMILES string of the molecule is COc1cccc([C@H]2/C(=C(\O)c3c(C)nc4c(C)cccn34)C(=O)C(=O)N2CCCN(C)C)c1OC. The summed E-state index contributed by atoms with van der Waals surface area (Å²) in [4.78, 5) is 34.9. The number of likely N-dealkylation sites (tertiary alicyclic amines) is 1. The van der Waals surface area contributed by atoms with Crippen LogP contribution in [0, 0.1) is 13.8 Å². The van der Waals surface area contributed by atoms with E-state index in [2.05, 4.69) is 4.98 Å². The number of pyridine rings is 1. The summed E-state index contributed by atoms with van der Waals surface area (Å²) >= 11 is 0. The first-order valence-corrected chi connectivity index (χ1v) is 11.8. The third-order valence-electron chi connectivity index (χ3n) is 6.52. The third-order valence-corrected chi connectivity index (χ3v) is 6.52. The van der Waals surface area contributed by atoms with Crippen molar-refractivity contribution >= 4 is 23.1 Å². The Labute approximate surface area is 210 Å². The van der Waals surface area contributed by atoms with Crippen LogP contribution in [0.1, 0.15) is 35.0 Å². The van der Waals surface area contributed by atoms with Crippen molar-refractivity contribution in [3.63, 3.8) is 0 Å². The molecule has 4 rings (SSSR count). The third kappa shape index (κ3) is 4.19. The first-order valence-electron chi connectivity index (χ1n) is 11.8. The van der Waals surface area contributed by atoms with Crippen LogP contribution in [0.25, 0.3) is 11.4 Å². The number of nitrogens with zero attached hydrogens (tertiary/aromatic N) is 4. The van der Waals surface area contributed by atoms with Gasteiger partial charge in [-0.15, -0.1) is 0 Å². The number of aliphatic hydroxyl groups is 1. The largest absolute Gasteiger partial charge is 0.505 e. The molecule has 9 nitrogen and oxygen atoms in total. The fraction of sp³-hybridized carbons (Fsp3) is 0.370. The number of benzene rings is 1. The summed E-state index contributed by atoms with van der Waals surface area (Å²) < 4.78 is 12.9. The smallest absolute Gasteiger partial charge is 0.295 e. The normalized spacial score (nSPS) is 17.4. The fourth-order valence-corrected chi connectivity index (χ4v) is 4.85. The Hall–Kier alpha value is -3.85. The number of aryl methyl sites for hydroxylation is 2. The Kier molecular flexibility index (Phi) is 7.03. The Morgan fingerprint density at radius 1 is 1.11 bits per heavy atom. The highest BCUT2D eigenvalue weighted by Crippen LogP contribution is 2.45. The van der Waals surface area contributed by atoms with Gasteiger partial charge >= 0.3 is 0 Å². The number of carbonyl (C=O) groups is 2. The van der Waals surface area contributed by atoms with Gasteiger partial charge in [-0.05, 0) is 58.6 Å². The molecule has 1 fully saturated rings. The number of carbonyl (C=O) groups excluding carboxylic acids is 2. The van der Waals surface area contributed by atoms with E-state index in [0.29, 0.717) is 47.1 Å². The second-order valence-electron chi connectivity index (χ2n) is 9.16. The van der Waals surface area contributed by atoms with Gasteiger partial charge in [0, 0.05) is 18.3 Å². The highest BCUT2D eigenvalue weighted by atomic mass is 16.5. The molecule has 1 N–H and O–H groups in total. The molecule has 0 spiro atoms. The lowest BCUT2D eigenvalue weighted by molar-refractivity contribution is -0.140. The molecule has 9 heteroatoms. The van der Waals surface area contributed by atoms with Crippen LogP contribution in [0.3, 0.4) is 0 Å². The van der Waals surface area contributed by atoms with Gasteiger partial charge in [-0.2, -0.15) is 0 Å². The van der Waals surface area contributed by atoms with E-state index < -0.39 is 17.7 Å². The van der Waals surface area contributed by atoms with Crippen LogP contribution in [0.4, 0.5) is 0 Å². The van der Waals surface area contributed by atoms with Gasteiger partial charge in [0.1, 0.15) is 11.3 Å². The van der Waals surface area contributed by atoms with Crippen LogP contribution >= 0.6 is 0 Å². The molecule has 190 valence electrons. The van der Waals surface area contributed by atoms with Gasteiger partial charge in [-0.3, -0.25) is 14.0 Å². The number of amides is 1. The highest BCUT2D eigenvalue weighted by molar-refractivity contribution is 6.46. The zero-order chi connectivity index (χ0) is 26.1. The number of para-hydroxylation sites is 1. The summed E-state index contributed by atoms with van der Waals surface area (Å²) in [5.74, 6) is -0.799. The van der Waals surface area contributed by atoms with Crippen LogP contribution in [0.15, 0.2) is 42.1 Å². The quantitative estimate of drug-likeness (QED) is 0.293. The van der Waals surface area contributed by atoms with E-state index in [1.165, 1.54) is 19.1 Å². The number of ether oxygens (including phenoxy) is 2. The minimum atomic E-state index is -0.855. The monoisotopic (exact) mass is 492 g/mol. The van der Waals surface area contributed by atoms with Gasteiger partial charge in [-0.1, -0.05) is 18.2 Å². The molecular weight excluding hydrogens is 460 g/mol. The first kappa shape index (κ1) is 25.2. The lowest BCUT2D eigenvalue weighted by Crippen LogP contribution is -2.32. The summed E-state index contributed by atoms with van der Waals surface area (Å²) in [5.41, 5.74) is 3.10. The molecule has 0 aliphatic carbocycles. The number of aliphatic hydroxyl groups excluding tert-OH is 1. The number of imidazole rings is 1. The van der Waals surface area contributed by atoms with Gasteiger partial charge in [0.25, 0.3) is 11.7 Å². The van der Waals surface area contributed by atoms with Crippen molar-refractivity contribution in [2.75, 3.05) is 41.4 Å². The van der Waals surface area contributed by atoms with Crippen molar-refractivity contribution in [1.29, 1.82) is 0 Å². The van der Waals surface area contributed by atoms with Crippen molar-refractivity contribution in [3.8, 4) is 11.5 Å². The summed E-state index contributed by atoms with van der Waals surface area (Å²) in [6.45, 7) is 4.76. The zero-order valence-electron chi connectivity index (χ0n) is 21.5. The Balaban J connectivity index is 1.97. The Morgan fingerprint density at radius 3 is 2.53 bits per heavy atom. The maximum atomic E-state index is 13.5. The molecule has 1 amide bonds. The van der Waals surface area contributed by atoms with E-state index in [9.17, 15) is 14.7 Å². The number of aromatic nitrogens is 2. The van der Waals surface area contributed by atoms with Crippen LogP contribution < -0.4 is 9.47 Å². The van der Waals surface area contributed by atoms with Crippen LogP contribution in [-0.4, -0.2) is 77.4 Å². The molecule has 1 aliphatic heterocycles. The van der Waals surface area contributed by atoms with E-state index in [1.807, 2.05) is 38.1 Å². The number of Topliss-reactive ketones (excluding diaryl/α,β-unsaturated/α-hetero) is 1. The molecule has 1 aliphatic rings. The van der Waals surface area contributed by atoms with Crippen molar-refractivity contribution < 1.29 is 24.2 Å². The van der Waals surface area contributed by atoms with E-state index >= 15 is 0 Å². The Morgan fingerprint density at radius 2 is 1.86 bits per heavy atom. The van der Waals surface area contributed by atoms with E-state index in [0.717, 1.165) is 12.1 Å². The van der Waals surface area contributed by atoms with Crippen molar-refractivity contribution in [2.45, 2.75) is 26.3 Å². The number of fused-ring (bicyclic) bond motifs is 1. The van der Waals surface area contributed by atoms with Crippen LogP contribution in [0.5, 0.6) is 11.5 Å². The number of hydrogen-bond acceptors (Lipinski definition) is 7. The Bertz CT molecular complexity index is 1360. The highest BCUT2D eigenvalue weighted by Gasteiger charge is 2.47. The maximum Gasteiger partial charge on any atom is 0.295 e. The average molecular weight is 493 g/mol. The molecule has 1 aromatic carbocycles. The average Bonchev–Trinajstić information content (AvgIpc) is 3.32. The van der Waals surface area contributed by atoms with E-state index in [4.69, 9.17) is 9.47 Å². The standard InChI is InChI=1S/C27H32N4O5/c1-16-10-8-14-30-21(17(2)28-26(16)30)23(32)20-22(18-11-7-12-19(35-5)25(18)36-6)31(27(34)24(20)33)15-9-13-29(3)4/h7-8,10-12,14,22,32H,9,13,15H2,1-6H3/b23-20+/t22-/m0/s1. The molecule has 0 unspecified atom stereocenters. The van der Waals surface area contributed by atoms with Crippen molar-refractivity contribution in [3.05, 3.63) is 64.6 Å². The van der Waals surface area contributed by atoms with E-state index in [-0.39, 0.29) is 11.3 Å². The van der Waals surface area contributed by atoms with E-state index in [1.54, 1.807) is 35.7 Å². The molecular formula is C27H32N4O5. The molecule has 3 aromatic rings. The molecule has 1 atom stereocenters. The van der Waals surface area contributed by atoms with Crippen molar-refractivity contribution in [2.24, 2.45) is 0 Å². The lowest BCUT2D eigenvalue weighted by Gasteiger charge is -2.27. The molecule has 0 bridgehead atoms. The minimum absolute atomic E-state index is 0.00260. The summed E-state index contributed by atoms with van der Waals surface area (Å²) in [6, 6.07) is 8.23.